The predicted octanol–water partition coefficient (Wildman–Crippen LogP) is 5.91. The Morgan fingerprint density at radius 1 is 0.970 bits per heavy atom. The summed E-state index contributed by atoms with van der Waals surface area (Å²) in [7, 11) is 0. The van der Waals surface area contributed by atoms with Crippen LogP contribution >= 0.6 is 45.8 Å². The van der Waals surface area contributed by atoms with Crippen molar-refractivity contribution in [1.82, 2.24) is 0 Å². The Balaban J connectivity index is 1.50. The molecule has 0 fully saturated rings. The largest absolute Gasteiger partial charge is 0.423 e. The van der Waals surface area contributed by atoms with E-state index in [1.165, 1.54) is 18.2 Å². The van der Waals surface area contributed by atoms with Gasteiger partial charge in [-0.1, -0.05) is 29.3 Å². The molecule has 4 rings (SSSR count). The third kappa shape index (κ3) is 4.90. The first kappa shape index (κ1) is 23.3. The molecule has 2 amide bonds. The minimum Gasteiger partial charge on any atom is -0.423 e. The molecule has 0 saturated carbocycles. The van der Waals surface area contributed by atoms with Crippen molar-refractivity contribution < 1.29 is 19.1 Å². The molecule has 0 spiro atoms. The van der Waals surface area contributed by atoms with Gasteiger partial charge in [0.1, 0.15) is 16.5 Å². The van der Waals surface area contributed by atoms with Crippen LogP contribution in [0.25, 0.3) is 0 Å². The van der Waals surface area contributed by atoms with Crippen LogP contribution in [0.15, 0.2) is 77.5 Å². The van der Waals surface area contributed by atoms with E-state index in [4.69, 9.17) is 27.9 Å². The molecule has 0 bridgehead atoms. The van der Waals surface area contributed by atoms with Crippen molar-refractivity contribution in [1.29, 1.82) is 0 Å². The Morgan fingerprint density at radius 3 is 2.36 bits per heavy atom. The number of carbonyl (C=O) groups is 3. The lowest BCUT2D eigenvalue weighted by Gasteiger charge is -2.17. The number of amides is 2. The minimum atomic E-state index is -0.602. The van der Waals surface area contributed by atoms with Crippen LogP contribution in [0.4, 0.5) is 11.4 Å². The van der Waals surface area contributed by atoms with E-state index in [1.807, 2.05) is 19.1 Å². The van der Waals surface area contributed by atoms with Gasteiger partial charge < -0.3 is 10.1 Å². The summed E-state index contributed by atoms with van der Waals surface area (Å²) >= 11 is 14.3. The maximum Gasteiger partial charge on any atom is 0.343 e. The van der Waals surface area contributed by atoms with Crippen molar-refractivity contribution in [2.24, 2.45) is 0 Å². The van der Waals surface area contributed by atoms with Crippen LogP contribution in [0.2, 0.25) is 5.02 Å². The number of imide groups is 1. The predicted molar refractivity (Wildman–Crippen MR) is 136 cm³/mol. The Morgan fingerprint density at radius 2 is 1.70 bits per heavy atom. The normalized spacial score (nSPS) is 13.5. The first-order chi connectivity index (χ1) is 15.7. The van der Waals surface area contributed by atoms with Crippen LogP contribution in [0.3, 0.4) is 0 Å². The third-order valence-electron chi connectivity index (χ3n) is 4.82. The molecule has 0 saturated heterocycles. The van der Waals surface area contributed by atoms with E-state index in [9.17, 15) is 14.4 Å². The number of hydrogen-bond donors (Lipinski definition) is 1. The summed E-state index contributed by atoms with van der Waals surface area (Å²) in [5.74, 6) is -1.39. The zero-order chi connectivity index (χ0) is 23.7. The molecule has 3 aromatic rings. The standard InChI is InChI=1S/C24H15Cl2IN2O4/c1-13-11-16(27)7-10-19(13)29-22(30)20(26)21(23(29)31)28-17-8-5-14(6-9-17)24(32)33-18-4-2-3-15(25)12-18/h2-12,28H,1H3. The topological polar surface area (TPSA) is 75.7 Å². The van der Waals surface area contributed by atoms with Crippen LogP contribution in [0.1, 0.15) is 15.9 Å². The zero-order valence-electron chi connectivity index (χ0n) is 17.1. The average Bonchev–Trinajstić information content (AvgIpc) is 2.98. The summed E-state index contributed by atoms with van der Waals surface area (Å²) < 4.78 is 6.29. The number of aryl methyl sites for hydroxylation is 1. The second kappa shape index (κ2) is 9.54. The molecule has 33 heavy (non-hydrogen) atoms. The lowest BCUT2D eigenvalue weighted by atomic mass is 10.2. The van der Waals surface area contributed by atoms with Crippen molar-refractivity contribution in [2.45, 2.75) is 6.92 Å². The highest BCUT2D eigenvalue weighted by molar-refractivity contribution is 14.1. The van der Waals surface area contributed by atoms with Crippen molar-refractivity contribution in [3.8, 4) is 5.75 Å². The molecule has 1 aliphatic rings. The van der Waals surface area contributed by atoms with E-state index in [2.05, 4.69) is 27.9 Å². The number of anilines is 2. The molecular weight excluding hydrogens is 578 g/mol. The lowest BCUT2D eigenvalue weighted by Crippen LogP contribution is -2.32. The third-order valence-corrected chi connectivity index (χ3v) is 6.08. The van der Waals surface area contributed by atoms with Gasteiger partial charge in [-0.3, -0.25) is 9.59 Å². The molecular formula is C24H15Cl2IN2O4. The number of halogens is 3. The molecule has 9 heteroatoms. The maximum absolute atomic E-state index is 13.0. The van der Waals surface area contributed by atoms with E-state index >= 15 is 0 Å². The molecule has 0 radical (unpaired) electrons. The highest BCUT2D eigenvalue weighted by Crippen LogP contribution is 2.32. The summed E-state index contributed by atoms with van der Waals surface area (Å²) in [6.45, 7) is 1.82. The molecule has 0 atom stereocenters. The van der Waals surface area contributed by atoms with E-state index in [1.54, 1.807) is 36.4 Å². The second-order valence-corrected chi connectivity index (χ2v) is 9.17. The quantitative estimate of drug-likeness (QED) is 0.173. The lowest BCUT2D eigenvalue weighted by molar-refractivity contribution is -0.120. The zero-order valence-corrected chi connectivity index (χ0v) is 20.7. The number of esters is 1. The fourth-order valence-corrected chi connectivity index (χ4v) is 4.27. The smallest absolute Gasteiger partial charge is 0.343 e. The van der Waals surface area contributed by atoms with Crippen LogP contribution in [-0.4, -0.2) is 17.8 Å². The first-order valence-corrected chi connectivity index (χ1v) is 11.5. The molecule has 0 aliphatic carbocycles. The van der Waals surface area contributed by atoms with Gasteiger partial charge in [-0.2, -0.15) is 0 Å². The monoisotopic (exact) mass is 592 g/mol. The van der Waals surface area contributed by atoms with Crippen LogP contribution in [0.5, 0.6) is 5.75 Å². The number of carbonyl (C=O) groups excluding carboxylic acids is 3. The van der Waals surface area contributed by atoms with Crippen molar-refractivity contribution in [3.63, 3.8) is 0 Å². The highest BCUT2D eigenvalue weighted by Gasteiger charge is 2.39. The van der Waals surface area contributed by atoms with Crippen molar-refractivity contribution in [3.05, 3.63) is 97.2 Å². The summed E-state index contributed by atoms with van der Waals surface area (Å²) in [6, 6.07) is 18.1. The fraction of sp³-hybridized carbons (Fsp3) is 0.0417. The first-order valence-electron chi connectivity index (χ1n) is 9.64. The van der Waals surface area contributed by atoms with Gasteiger partial charge in [0.15, 0.2) is 0 Å². The number of nitrogens with one attached hydrogen (secondary N) is 1. The number of benzene rings is 3. The Kier molecular flexibility index (Phi) is 6.73. The number of hydrogen-bond acceptors (Lipinski definition) is 5. The summed E-state index contributed by atoms with van der Waals surface area (Å²) in [5.41, 5.74) is 1.99. The van der Waals surface area contributed by atoms with Crippen LogP contribution in [0, 0.1) is 10.5 Å². The molecule has 0 unspecified atom stereocenters. The van der Waals surface area contributed by atoms with E-state index < -0.39 is 17.8 Å². The molecule has 1 heterocycles. The number of ether oxygens (including phenoxy) is 1. The van der Waals surface area contributed by atoms with Gasteiger partial charge >= 0.3 is 5.97 Å². The fourth-order valence-electron chi connectivity index (χ4n) is 3.23. The summed E-state index contributed by atoms with van der Waals surface area (Å²) in [6.07, 6.45) is 0. The van der Waals surface area contributed by atoms with E-state index in [-0.39, 0.29) is 10.7 Å². The molecule has 3 aromatic carbocycles. The number of nitrogens with zero attached hydrogens (tertiary/aromatic N) is 1. The van der Waals surface area contributed by atoms with Crippen molar-refractivity contribution >= 4 is 75.0 Å². The molecule has 1 N–H and O–H groups in total. The van der Waals surface area contributed by atoms with Gasteiger partial charge in [-0.15, -0.1) is 0 Å². The van der Waals surface area contributed by atoms with Gasteiger partial charge in [0.25, 0.3) is 11.8 Å². The molecule has 6 nitrogen and oxygen atoms in total. The van der Waals surface area contributed by atoms with Crippen LogP contribution in [-0.2, 0) is 9.59 Å². The van der Waals surface area contributed by atoms with Gasteiger partial charge in [0, 0.05) is 14.3 Å². The number of rotatable bonds is 5. The Hall–Kier alpha value is -2.88. The van der Waals surface area contributed by atoms with Gasteiger partial charge in [-0.05, 0) is 95.7 Å². The average molecular weight is 593 g/mol. The molecule has 0 aromatic heterocycles. The SMILES string of the molecule is Cc1cc(I)ccc1N1C(=O)C(Cl)=C(Nc2ccc(C(=O)Oc3cccc(Cl)c3)cc2)C1=O. The minimum absolute atomic E-state index is 0.0335. The van der Waals surface area contributed by atoms with Crippen LogP contribution < -0.4 is 15.0 Å². The summed E-state index contributed by atoms with van der Waals surface area (Å²) in [5, 5.41) is 3.14. The van der Waals surface area contributed by atoms with E-state index in [0.717, 1.165) is 14.0 Å². The Bertz CT molecular complexity index is 1320. The van der Waals surface area contributed by atoms with Gasteiger partial charge in [0.2, 0.25) is 0 Å². The van der Waals surface area contributed by atoms with Gasteiger partial charge in [-0.25, -0.2) is 9.69 Å². The Labute approximate surface area is 213 Å². The second-order valence-electron chi connectivity index (χ2n) is 7.11. The summed E-state index contributed by atoms with van der Waals surface area (Å²) in [4.78, 5) is 39.1. The highest BCUT2D eigenvalue weighted by atomic mass is 127. The molecule has 1 aliphatic heterocycles. The van der Waals surface area contributed by atoms with Crippen molar-refractivity contribution in [2.75, 3.05) is 10.2 Å². The molecule has 166 valence electrons. The van der Waals surface area contributed by atoms with E-state index in [0.29, 0.717) is 27.7 Å². The van der Waals surface area contributed by atoms with Gasteiger partial charge in [0.05, 0.1) is 11.3 Å². The maximum atomic E-state index is 13.0.